The van der Waals surface area contributed by atoms with Crippen molar-refractivity contribution in [2.45, 2.75) is 57.4 Å². The van der Waals surface area contributed by atoms with E-state index in [1.165, 1.54) is 37.7 Å². The van der Waals surface area contributed by atoms with Crippen LogP contribution in [0, 0.1) is 5.92 Å². The van der Waals surface area contributed by atoms with Crippen molar-refractivity contribution in [2.75, 3.05) is 0 Å². The highest BCUT2D eigenvalue weighted by Gasteiger charge is 2.42. The molecule has 0 aromatic heterocycles. The van der Waals surface area contributed by atoms with E-state index < -0.39 is 0 Å². The van der Waals surface area contributed by atoms with E-state index in [1.807, 2.05) is 0 Å². The summed E-state index contributed by atoms with van der Waals surface area (Å²) < 4.78 is 0. The third-order valence-corrected chi connectivity index (χ3v) is 4.74. The molecule has 1 nitrogen and oxygen atoms in total. The van der Waals surface area contributed by atoms with E-state index in [9.17, 15) is 0 Å². The number of rotatable bonds is 4. The lowest BCUT2D eigenvalue weighted by atomic mass is 9.69. The molecule has 1 aromatic rings. The average Bonchev–Trinajstić information content (AvgIpc) is 2.88. The Kier molecular flexibility index (Phi) is 3.88. The third kappa shape index (κ3) is 2.26. The molecule has 1 aliphatic rings. The summed E-state index contributed by atoms with van der Waals surface area (Å²) in [4.78, 5) is 0. The van der Waals surface area contributed by atoms with Crippen LogP contribution in [0.5, 0.6) is 0 Å². The molecule has 0 amide bonds. The van der Waals surface area contributed by atoms with Crippen LogP contribution >= 0.6 is 0 Å². The predicted molar refractivity (Wildman–Crippen MR) is 74.0 cm³/mol. The second-order valence-corrected chi connectivity index (χ2v) is 5.64. The molecule has 0 heterocycles. The Morgan fingerprint density at radius 1 is 1.18 bits per heavy atom. The Balaban J connectivity index is 2.33. The summed E-state index contributed by atoms with van der Waals surface area (Å²) >= 11 is 0. The van der Waals surface area contributed by atoms with Crippen molar-refractivity contribution in [2.24, 2.45) is 11.7 Å². The number of benzene rings is 1. The van der Waals surface area contributed by atoms with Gasteiger partial charge in [0.15, 0.2) is 0 Å². The molecule has 1 heteroatoms. The molecule has 1 fully saturated rings. The highest BCUT2D eigenvalue weighted by Crippen LogP contribution is 2.45. The molecule has 2 rings (SSSR count). The maximum atomic E-state index is 6.60. The van der Waals surface area contributed by atoms with Crippen molar-refractivity contribution >= 4 is 0 Å². The van der Waals surface area contributed by atoms with Gasteiger partial charge >= 0.3 is 0 Å². The van der Waals surface area contributed by atoms with Crippen molar-refractivity contribution in [3.8, 4) is 0 Å². The van der Waals surface area contributed by atoms with Gasteiger partial charge in [0.2, 0.25) is 0 Å². The van der Waals surface area contributed by atoms with Gasteiger partial charge in [0.1, 0.15) is 0 Å². The van der Waals surface area contributed by atoms with Gasteiger partial charge in [0.05, 0.1) is 0 Å². The van der Waals surface area contributed by atoms with Crippen molar-refractivity contribution < 1.29 is 0 Å². The second-order valence-electron chi connectivity index (χ2n) is 5.64. The Morgan fingerprint density at radius 3 is 2.29 bits per heavy atom. The first-order chi connectivity index (χ1) is 8.20. The summed E-state index contributed by atoms with van der Waals surface area (Å²) in [6, 6.07) is 11.2. The Labute approximate surface area is 105 Å². The second kappa shape index (κ2) is 5.22. The molecule has 0 bridgehead atoms. The zero-order chi connectivity index (χ0) is 12.3. The molecule has 0 spiro atoms. The lowest BCUT2D eigenvalue weighted by Crippen LogP contribution is -2.47. The smallest absolute Gasteiger partial charge is 0.0162 e. The first-order valence-electron chi connectivity index (χ1n) is 7.02. The van der Waals surface area contributed by atoms with Gasteiger partial charge in [-0.1, -0.05) is 63.4 Å². The Bertz CT molecular complexity index is 338. The van der Waals surface area contributed by atoms with Crippen LogP contribution in [0.2, 0.25) is 0 Å². The minimum absolute atomic E-state index is 0.247. The van der Waals surface area contributed by atoms with E-state index in [2.05, 4.69) is 44.2 Å². The molecule has 1 saturated carbocycles. The average molecular weight is 231 g/mol. The predicted octanol–water partition coefficient (Wildman–Crippen LogP) is 3.87. The number of nitrogens with two attached hydrogens (primary N) is 1. The van der Waals surface area contributed by atoms with E-state index in [-0.39, 0.29) is 5.41 Å². The summed E-state index contributed by atoms with van der Waals surface area (Å²) in [5.41, 5.74) is 8.31. The van der Waals surface area contributed by atoms with Crippen molar-refractivity contribution in [1.82, 2.24) is 0 Å². The molecule has 0 radical (unpaired) electrons. The third-order valence-electron chi connectivity index (χ3n) is 4.74. The minimum atomic E-state index is 0.247. The zero-order valence-corrected chi connectivity index (χ0v) is 11.2. The molecular weight excluding hydrogens is 206 g/mol. The monoisotopic (exact) mass is 231 g/mol. The van der Waals surface area contributed by atoms with Crippen LogP contribution in [0.15, 0.2) is 30.3 Å². The van der Waals surface area contributed by atoms with Gasteiger partial charge in [-0.2, -0.15) is 0 Å². The van der Waals surface area contributed by atoms with Gasteiger partial charge in [0.25, 0.3) is 0 Å². The van der Waals surface area contributed by atoms with Crippen LogP contribution in [-0.4, -0.2) is 6.04 Å². The molecule has 2 unspecified atom stereocenters. The fraction of sp³-hybridized carbons (Fsp3) is 0.625. The maximum absolute atomic E-state index is 6.60. The molecule has 1 aromatic carbocycles. The van der Waals surface area contributed by atoms with Crippen LogP contribution in [0.1, 0.15) is 51.5 Å². The van der Waals surface area contributed by atoms with Crippen LogP contribution in [-0.2, 0) is 5.41 Å². The van der Waals surface area contributed by atoms with Gasteiger partial charge in [-0.15, -0.1) is 0 Å². The standard InChI is InChI=1S/C16H25N/c1-3-13(2)15(17)16(11-7-8-12-16)14-9-5-4-6-10-14/h4-6,9-10,13,15H,3,7-8,11-12,17H2,1-2H3. The topological polar surface area (TPSA) is 26.0 Å². The lowest BCUT2D eigenvalue weighted by Gasteiger charge is -2.39. The summed E-state index contributed by atoms with van der Waals surface area (Å²) in [6.07, 6.45) is 6.37. The van der Waals surface area contributed by atoms with E-state index in [4.69, 9.17) is 5.73 Å². The maximum Gasteiger partial charge on any atom is 0.0162 e. The quantitative estimate of drug-likeness (QED) is 0.836. The summed E-state index contributed by atoms with van der Waals surface area (Å²) in [7, 11) is 0. The highest BCUT2D eigenvalue weighted by molar-refractivity contribution is 5.29. The van der Waals surface area contributed by atoms with E-state index in [0.717, 1.165) is 0 Å². The van der Waals surface area contributed by atoms with Gasteiger partial charge in [0, 0.05) is 11.5 Å². The molecular formula is C16H25N. The van der Waals surface area contributed by atoms with Crippen molar-refractivity contribution in [3.05, 3.63) is 35.9 Å². The lowest BCUT2D eigenvalue weighted by molar-refractivity contribution is 0.269. The van der Waals surface area contributed by atoms with Gasteiger partial charge in [-0.05, 0) is 24.3 Å². The first-order valence-corrected chi connectivity index (χ1v) is 7.02. The van der Waals surface area contributed by atoms with Crippen molar-refractivity contribution in [1.29, 1.82) is 0 Å². The number of hydrogen-bond donors (Lipinski definition) is 1. The van der Waals surface area contributed by atoms with Crippen LogP contribution in [0.3, 0.4) is 0 Å². The van der Waals surface area contributed by atoms with Gasteiger partial charge < -0.3 is 5.73 Å². The molecule has 2 atom stereocenters. The normalized spacial score (nSPS) is 22.3. The molecule has 17 heavy (non-hydrogen) atoms. The minimum Gasteiger partial charge on any atom is -0.327 e. The fourth-order valence-corrected chi connectivity index (χ4v) is 3.39. The van der Waals surface area contributed by atoms with E-state index in [0.29, 0.717) is 12.0 Å². The number of hydrogen-bond acceptors (Lipinski definition) is 1. The van der Waals surface area contributed by atoms with Crippen LogP contribution < -0.4 is 5.73 Å². The summed E-state index contributed by atoms with van der Waals surface area (Å²) in [6.45, 7) is 4.55. The SMILES string of the molecule is CCC(C)C(N)C1(c2ccccc2)CCCC1. The Hall–Kier alpha value is -0.820. The molecule has 1 aliphatic carbocycles. The van der Waals surface area contributed by atoms with E-state index in [1.54, 1.807) is 0 Å². The summed E-state index contributed by atoms with van der Waals surface area (Å²) in [5.74, 6) is 0.605. The van der Waals surface area contributed by atoms with E-state index >= 15 is 0 Å². The molecule has 0 aliphatic heterocycles. The summed E-state index contributed by atoms with van der Waals surface area (Å²) in [5, 5.41) is 0. The Morgan fingerprint density at radius 2 is 1.76 bits per heavy atom. The molecule has 0 saturated heterocycles. The largest absolute Gasteiger partial charge is 0.327 e. The molecule has 2 N–H and O–H groups in total. The van der Waals surface area contributed by atoms with Crippen molar-refractivity contribution in [3.63, 3.8) is 0 Å². The van der Waals surface area contributed by atoms with Gasteiger partial charge in [-0.3, -0.25) is 0 Å². The highest BCUT2D eigenvalue weighted by atomic mass is 14.7. The van der Waals surface area contributed by atoms with Gasteiger partial charge in [-0.25, -0.2) is 0 Å². The van der Waals surface area contributed by atoms with Crippen LogP contribution in [0.25, 0.3) is 0 Å². The molecule has 94 valence electrons. The fourth-order valence-electron chi connectivity index (χ4n) is 3.39. The zero-order valence-electron chi connectivity index (χ0n) is 11.2. The van der Waals surface area contributed by atoms with Crippen LogP contribution in [0.4, 0.5) is 0 Å². The first kappa shape index (κ1) is 12.6.